The van der Waals surface area contributed by atoms with E-state index in [9.17, 15) is 4.79 Å². The minimum atomic E-state index is -0.386. The maximum Gasteiger partial charge on any atom is 0.357 e. The highest BCUT2D eigenvalue weighted by Gasteiger charge is 2.17. The summed E-state index contributed by atoms with van der Waals surface area (Å²) in [6.07, 6.45) is 3.09. The fraction of sp³-hybridized carbons (Fsp3) is 0.167. The molecular weight excluding hydrogens is 332 g/mol. The van der Waals surface area contributed by atoms with E-state index < -0.39 is 0 Å². The summed E-state index contributed by atoms with van der Waals surface area (Å²) >= 11 is 0. The summed E-state index contributed by atoms with van der Waals surface area (Å²) in [5.74, 6) is 1.05. The van der Waals surface area contributed by atoms with Gasteiger partial charge >= 0.3 is 6.73 Å². The van der Waals surface area contributed by atoms with E-state index in [-0.39, 0.29) is 12.6 Å². The lowest BCUT2D eigenvalue weighted by Crippen LogP contribution is -2.24. The summed E-state index contributed by atoms with van der Waals surface area (Å²) in [5.41, 5.74) is 1.46. The van der Waals surface area contributed by atoms with Crippen LogP contribution in [-0.2, 0) is 6.54 Å². The van der Waals surface area contributed by atoms with Crippen LogP contribution in [0.25, 0.3) is 15.7 Å². The third-order valence-corrected chi connectivity index (χ3v) is 3.99. The molecule has 0 unspecified atom stereocenters. The van der Waals surface area contributed by atoms with E-state index in [0.717, 1.165) is 17.7 Å². The van der Waals surface area contributed by atoms with Crippen molar-refractivity contribution in [2.45, 2.75) is 6.54 Å². The van der Waals surface area contributed by atoms with Crippen molar-refractivity contribution in [3.05, 3.63) is 65.3 Å². The van der Waals surface area contributed by atoms with Crippen LogP contribution in [0, 0.1) is 6.57 Å². The number of nitrogens with zero attached hydrogens (tertiary/aromatic N) is 5. The van der Waals surface area contributed by atoms with E-state index in [1.54, 1.807) is 30.5 Å². The average molecular weight is 346 g/mol. The Morgan fingerprint density at radius 1 is 1.42 bits per heavy atom. The molecule has 3 aromatic rings. The lowest BCUT2D eigenvalue weighted by Gasteiger charge is -2.09. The molecule has 4 rings (SSSR count). The molecule has 1 aliphatic heterocycles. The van der Waals surface area contributed by atoms with Crippen molar-refractivity contribution in [1.82, 2.24) is 14.5 Å². The molecule has 1 amide bonds. The van der Waals surface area contributed by atoms with Gasteiger partial charge in [0, 0.05) is 30.9 Å². The molecule has 1 N–H and O–H groups in total. The zero-order chi connectivity index (χ0) is 17.9. The molecule has 128 valence electrons. The first kappa shape index (κ1) is 15.8. The lowest BCUT2D eigenvalue weighted by atomic mass is 10.2. The second kappa shape index (κ2) is 6.64. The first-order valence-electron chi connectivity index (χ1n) is 8.00. The number of fused-ring (bicyclic) bond motifs is 3. The highest BCUT2D eigenvalue weighted by molar-refractivity contribution is 5.95. The van der Waals surface area contributed by atoms with E-state index >= 15 is 0 Å². The van der Waals surface area contributed by atoms with Crippen LogP contribution in [-0.4, -0.2) is 33.7 Å². The van der Waals surface area contributed by atoms with Crippen LogP contribution < -0.4 is 15.7 Å². The Morgan fingerprint density at radius 2 is 2.35 bits per heavy atom. The molecule has 0 atom stereocenters. The van der Waals surface area contributed by atoms with Gasteiger partial charge in [0.05, 0.1) is 11.1 Å². The Labute approximate surface area is 148 Å². The number of benzene rings is 1. The summed E-state index contributed by atoms with van der Waals surface area (Å²) in [7, 11) is 0. The number of anilines is 1. The molecule has 26 heavy (non-hydrogen) atoms. The number of pyridine rings is 1. The van der Waals surface area contributed by atoms with E-state index in [1.165, 1.54) is 6.20 Å². The fourth-order valence-electron chi connectivity index (χ4n) is 2.83. The minimum Gasteiger partial charge on any atom is -0.426 e. The van der Waals surface area contributed by atoms with Crippen LogP contribution >= 0.6 is 0 Å². The van der Waals surface area contributed by atoms with Crippen LogP contribution in [0.3, 0.4) is 0 Å². The third kappa shape index (κ3) is 2.86. The van der Waals surface area contributed by atoms with Crippen LogP contribution in [0.4, 0.5) is 5.82 Å². The van der Waals surface area contributed by atoms with Gasteiger partial charge in [-0.2, -0.15) is 4.99 Å². The van der Waals surface area contributed by atoms with Crippen molar-refractivity contribution < 1.29 is 9.53 Å². The maximum absolute atomic E-state index is 12.4. The third-order valence-electron chi connectivity index (χ3n) is 3.99. The molecule has 0 fully saturated rings. The minimum absolute atomic E-state index is 0.0330. The van der Waals surface area contributed by atoms with Crippen molar-refractivity contribution in [2.24, 2.45) is 4.99 Å². The summed E-state index contributed by atoms with van der Waals surface area (Å²) in [6, 6.07) is 8.75. The van der Waals surface area contributed by atoms with Crippen molar-refractivity contribution >= 4 is 22.6 Å². The van der Waals surface area contributed by atoms with Gasteiger partial charge in [0.25, 0.3) is 5.91 Å². The lowest BCUT2D eigenvalue weighted by molar-refractivity contribution is 0.0996. The Balaban J connectivity index is 1.83. The smallest absolute Gasteiger partial charge is 0.357 e. The second-order valence-corrected chi connectivity index (χ2v) is 5.61. The summed E-state index contributed by atoms with van der Waals surface area (Å²) in [4.78, 5) is 28.3. The van der Waals surface area contributed by atoms with E-state index in [4.69, 9.17) is 11.3 Å². The number of aromatic nitrogens is 3. The molecule has 1 aromatic carbocycles. The molecule has 3 heterocycles. The van der Waals surface area contributed by atoms with Gasteiger partial charge < -0.3 is 10.1 Å². The predicted octanol–water partition coefficient (Wildman–Crippen LogP) is 1.85. The number of ether oxygens (including phenoxy) is 1. The summed E-state index contributed by atoms with van der Waals surface area (Å²) in [5, 5.41) is 4.16. The van der Waals surface area contributed by atoms with Crippen molar-refractivity contribution in [1.29, 1.82) is 0 Å². The monoisotopic (exact) mass is 346 g/mol. The van der Waals surface area contributed by atoms with Crippen LogP contribution in [0.5, 0.6) is 5.75 Å². The molecule has 0 radical (unpaired) electrons. The second-order valence-electron chi connectivity index (χ2n) is 5.61. The Kier molecular flexibility index (Phi) is 4.03. The van der Waals surface area contributed by atoms with Crippen LogP contribution in [0.1, 0.15) is 10.4 Å². The standard InChI is InChI=1S/C18H14N6O2/c1-19-11-26-13-4-5-15-14(9-13)16-21-7-8-24(16)18(22-15)23-17(25)12-3-2-6-20-10-12/h2-6,9-10,21H,7-8,11H2. The van der Waals surface area contributed by atoms with Crippen molar-refractivity contribution in [2.75, 3.05) is 18.6 Å². The van der Waals surface area contributed by atoms with Crippen LogP contribution in [0.2, 0.25) is 0 Å². The number of hydrogen-bond donors (Lipinski definition) is 1. The number of carbonyl (C=O) groups is 1. The Morgan fingerprint density at radius 3 is 3.15 bits per heavy atom. The normalized spacial score (nSPS) is 13.1. The first-order chi connectivity index (χ1) is 12.8. The summed E-state index contributed by atoms with van der Waals surface area (Å²) < 4.78 is 7.24. The van der Waals surface area contributed by atoms with Gasteiger partial charge in [-0.05, 0) is 30.3 Å². The predicted molar refractivity (Wildman–Crippen MR) is 94.5 cm³/mol. The molecule has 0 saturated heterocycles. The number of hydrogen-bond acceptors (Lipinski definition) is 5. The van der Waals surface area contributed by atoms with Gasteiger partial charge in [-0.15, -0.1) is 0 Å². The Hall–Kier alpha value is -3.73. The molecule has 8 nitrogen and oxygen atoms in total. The quantitative estimate of drug-likeness (QED) is 0.732. The van der Waals surface area contributed by atoms with Gasteiger partial charge in [-0.25, -0.2) is 11.6 Å². The van der Waals surface area contributed by atoms with E-state index in [1.807, 2.05) is 10.6 Å². The fourth-order valence-corrected chi connectivity index (χ4v) is 2.83. The molecule has 8 heteroatoms. The highest BCUT2D eigenvalue weighted by atomic mass is 16.5. The molecule has 2 aromatic heterocycles. The molecular formula is C18H14N6O2. The molecule has 1 aliphatic rings. The highest BCUT2D eigenvalue weighted by Crippen LogP contribution is 2.27. The van der Waals surface area contributed by atoms with Gasteiger partial charge in [0.15, 0.2) is 0 Å². The zero-order valence-corrected chi connectivity index (χ0v) is 13.7. The number of rotatable bonds is 3. The molecule has 0 spiro atoms. The van der Waals surface area contributed by atoms with Crippen LogP contribution in [0.15, 0.2) is 47.7 Å². The van der Waals surface area contributed by atoms with Crippen molar-refractivity contribution in [3.8, 4) is 5.75 Å². The summed E-state index contributed by atoms with van der Waals surface area (Å²) in [6.45, 7) is 8.17. The molecule has 0 bridgehead atoms. The topological polar surface area (TPSA) is 85.8 Å². The number of amides is 1. The first-order valence-corrected chi connectivity index (χ1v) is 8.00. The van der Waals surface area contributed by atoms with Gasteiger partial charge in [-0.3, -0.25) is 19.2 Å². The largest absolute Gasteiger partial charge is 0.426 e. The number of carbonyl (C=O) groups excluding carboxylic acids is 1. The SMILES string of the molecule is [C-]#[N+]COc1ccc2nc(=NC(=O)c3cccnc3)n3c(c2c1)NCC3. The zero-order valence-electron chi connectivity index (χ0n) is 13.7. The van der Waals surface area contributed by atoms with Gasteiger partial charge in [0.2, 0.25) is 5.62 Å². The van der Waals surface area contributed by atoms with Gasteiger partial charge in [0.1, 0.15) is 11.6 Å². The van der Waals surface area contributed by atoms with Crippen molar-refractivity contribution in [3.63, 3.8) is 0 Å². The van der Waals surface area contributed by atoms with E-state index in [2.05, 4.69) is 25.1 Å². The molecule has 0 saturated carbocycles. The Bertz CT molecular complexity index is 1100. The molecule has 0 aliphatic carbocycles. The van der Waals surface area contributed by atoms with E-state index in [0.29, 0.717) is 29.0 Å². The maximum atomic E-state index is 12.4. The number of nitrogens with one attached hydrogen (secondary N) is 1. The van der Waals surface area contributed by atoms with Gasteiger partial charge in [-0.1, -0.05) is 0 Å². The average Bonchev–Trinajstić information content (AvgIpc) is 3.18.